The van der Waals surface area contributed by atoms with Crippen LogP contribution in [0.5, 0.6) is 0 Å². The number of nitrogens with one attached hydrogen (secondary N) is 2. The molecule has 0 aliphatic carbocycles. The van der Waals surface area contributed by atoms with Crippen LogP contribution in [0.4, 0.5) is 5.69 Å². The Bertz CT molecular complexity index is 989. The molecule has 0 fully saturated rings. The van der Waals surface area contributed by atoms with Gasteiger partial charge in [-0.05, 0) is 42.2 Å². The molecule has 1 aliphatic heterocycles. The van der Waals surface area contributed by atoms with E-state index in [1.54, 1.807) is 0 Å². The molecule has 0 amide bonds. The Morgan fingerprint density at radius 3 is 2.60 bits per heavy atom. The monoisotopic (exact) mass is 402 g/mol. The van der Waals surface area contributed by atoms with Crippen LogP contribution < -0.4 is 15.5 Å². The van der Waals surface area contributed by atoms with Gasteiger partial charge in [-0.2, -0.15) is 5.10 Å². The van der Waals surface area contributed by atoms with Crippen molar-refractivity contribution in [1.29, 1.82) is 0 Å². The van der Waals surface area contributed by atoms with Crippen molar-refractivity contribution in [3.05, 3.63) is 83.2 Å². The van der Waals surface area contributed by atoms with Gasteiger partial charge in [0.15, 0.2) is 5.96 Å². The van der Waals surface area contributed by atoms with Gasteiger partial charge < -0.3 is 15.5 Å². The molecule has 4 rings (SSSR count). The van der Waals surface area contributed by atoms with Crippen LogP contribution >= 0.6 is 0 Å². The van der Waals surface area contributed by atoms with Gasteiger partial charge in [0.25, 0.3) is 0 Å². The van der Waals surface area contributed by atoms with Gasteiger partial charge in [0.2, 0.25) is 0 Å². The van der Waals surface area contributed by atoms with Crippen LogP contribution in [0.15, 0.2) is 65.8 Å². The van der Waals surface area contributed by atoms with Crippen molar-refractivity contribution in [1.82, 2.24) is 20.4 Å². The minimum atomic E-state index is 0.646. The van der Waals surface area contributed by atoms with Crippen LogP contribution in [0.25, 0.3) is 0 Å². The number of rotatable bonds is 7. The standard InChI is InChI=1S/C24H30N6/c1-3-25-24(27-17-22-12-14-28-29(22)2)26-16-19-8-10-20(11-9-19)18-30-15-13-21-6-4-5-7-23(21)30/h4-12,14H,3,13,15-18H2,1-2H3,(H2,25,26,27). The van der Waals surface area contributed by atoms with Gasteiger partial charge in [0.05, 0.1) is 18.8 Å². The molecule has 3 aromatic rings. The zero-order chi connectivity index (χ0) is 20.8. The third-order valence-electron chi connectivity index (χ3n) is 5.50. The molecule has 156 valence electrons. The smallest absolute Gasteiger partial charge is 0.191 e. The van der Waals surface area contributed by atoms with Crippen molar-refractivity contribution in [3.63, 3.8) is 0 Å². The molecular weight excluding hydrogens is 372 g/mol. The van der Waals surface area contributed by atoms with Crippen molar-refractivity contribution in [3.8, 4) is 0 Å². The number of aliphatic imine (C=N–C) groups is 1. The molecule has 0 radical (unpaired) electrons. The van der Waals surface area contributed by atoms with E-state index >= 15 is 0 Å². The maximum Gasteiger partial charge on any atom is 0.191 e. The molecule has 2 N–H and O–H groups in total. The topological polar surface area (TPSA) is 57.5 Å². The minimum absolute atomic E-state index is 0.646. The van der Waals surface area contributed by atoms with E-state index < -0.39 is 0 Å². The highest BCUT2D eigenvalue weighted by molar-refractivity contribution is 5.79. The van der Waals surface area contributed by atoms with Gasteiger partial charge in [-0.15, -0.1) is 0 Å². The van der Waals surface area contributed by atoms with Crippen LogP contribution in [0, 0.1) is 0 Å². The van der Waals surface area contributed by atoms with Gasteiger partial charge >= 0.3 is 0 Å². The number of anilines is 1. The second-order valence-electron chi connectivity index (χ2n) is 7.61. The number of guanidine groups is 1. The van der Waals surface area contributed by atoms with Crippen molar-refractivity contribution >= 4 is 11.6 Å². The lowest BCUT2D eigenvalue weighted by Gasteiger charge is -2.19. The first-order valence-corrected chi connectivity index (χ1v) is 10.6. The van der Waals surface area contributed by atoms with Gasteiger partial charge in [0.1, 0.15) is 0 Å². The van der Waals surface area contributed by atoms with E-state index in [0.717, 1.165) is 37.7 Å². The highest BCUT2D eigenvalue weighted by Gasteiger charge is 2.18. The van der Waals surface area contributed by atoms with E-state index in [1.165, 1.54) is 22.4 Å². The largest absolute Gasteiger partial charge is 0.367 e. The number of aryl methyl sites for hydroxylation is 1. The minimum Gasteiger partial charge on any atom is -0.367 e. The summed E-state index contributed by atoms with van der Waals surface area (Å²) in [5, 5.41) is 10.9. The van der Waals surface area contributed by atoms with Crippen molar-refractivity contribution < 1.29 is 0 Å². The Morgan fingerprint density at radius 2 is 1.83 bits per heavy atom. The predicted octanol–water partition coefficient (Wildman–Crippen LogP) is 3.24. The number of fused-ring (bicyclic) bond motifs is 1. The molecule has 1 aromatic heterocycles. The summed E-state index contributed by atoms with van der Waals surface area (Å²) in [6.07, 6.45) is 2.95. The van der Waals surface area contributed by atoms with Crippen LogP contribution in [0.2, 0.25) is 0 Å². The molecule has 0 unspecified atom stereocenters. The lowest BCUT2D eigenvalue weighted by molar-refractivity contribution is 0.685. The average Bonchev–Trinajstić information content (AvgIpc) is 3.37. The van der Waals surface area contributed by atoms with E-state index in [1.807, 2.05) is 24.0 Å². The van der Waals surface area contributed by atoms with E-state index in [4.69, 9.17) is 4.99 Å². The summed E-state index contributed by atoms with van der Waals surface area (Å²) in [5.41, 5.74) is 6.49. The second kappa shape index (κ2) is 9.48. The molecule has 0 saturated heterocycles. The Balaban J connectivity index is 1.34. The lowest BCUT2D eigenvalue weighted by Crippen LogP contribution is -2.37. The summed E-state index contributed by atoms with van der Waals surface area (Å²) in [7, 11) is 1.95. The van der Waals surface area contributed by atoms with E-state index in [9.17, 15) is 0 Å². The Kier molecular flexibility index (Phi) is 6.32. The SMILES string of the molecule is CCNC(=NCc1ccc(CN2CCc3ccccc32)cc1)NCc1ccnn1C. The summed E-state index contributed by atoms with van der Waals surface area (Å²) in [5.74, 6) is 0.816. The molecule has 6 heteroatoms. The molecular formula is C24H30N6. The van der Waals surface area contributed by atoms with Gasteiger partial charge in [-0.25, -0.2) is 4.99 Å². The normalized spacial score (nSPS) is 13.4. The first-order chi connectivity index (χ1) is 14.7. The average molecular weight is 403 g/mol. The summed E-state index contributed by atoms with van der Waals surface area (Å²) in [4.78, 5) is 7.20. The molecule has 0 bridgehead atoms. The third kappa shape index (κ3) is 4.82. The first-order valence-electron chi connectivity index (χ1n) is 10.6. The fraction of sp³-hybridized carbons (Fsp3) is 0.333. The number of aromatic nitrogens is 2. The van der Waals surface area contributed by atoms with Crippen molar-refractivity contribution in [2.75, 3.05) is 18.0 Å². The molecule has 6 nitrogen and oxygen atoms in total. The maximum atomic E-state index is 4.73. The molecule has 2 aromatic carbocycles. The van der Waals surface area contributed by atoms with E-state index in [-0.39, 0.29) is 0 Å². The number of para-hydroxylation sites is 1. The van der Waals surface area contributed by atoms with Crippen LogP contribution in [-0.2, 0) is 33.1 Å². The summed E-state index contributed by atoms with van der Waals surface area (Å²) < 4.78 is 1.87. The summed E-state index contributed by atoms with van der Waals surface area (Å²) >= 11 is 0. The molecule has 0 atom stereocenters. The fourth-order valence-electron chi connectivity index (χ4n) is 3.80. The second-order valence-corrected chi connectivity index (χ2v) is 7.61. The first kappa shape index (κ1) is 20.0. The van der Waals surface area contributed by atoms with Crippen LogP contribution in [0.3, 0.4) is 0 Å². The van der Waals surface area contributed by atoms with Gasteiger partial charge in [-0.3, -0.25) is 4.68 Å². The number of hydrogen-bond donors (Lipinski definition) is 2. The van der Waals surface area contributed by atoms with Crippen LogP contribution in [0.1, 0.15) is 29.3 Å². The highest BCUT2D eigenvalue weighted by atomic mass is 15.3. The molecule has 0 saturated carbocycles. The van der Waals surface area contributed by atoms with Crippen molar-refractivity contribution in [2.24, 2.45) is 12.0 Å². The summed E-state index contributed by atoms with van der Waals surface area (Å²) in [6, 6.07) is 19.6. The van der Waals surface area contributed by atoms with Crippen LogP contribution in [-0.4, -0.2) is 28.8 Å². The summed E-state index contributed by atoms with van der Waals surface area (Å²) in [6.45, 7) is 6.29. The molecule has 2 heterocycles. The number of hydrogen-bond acceptors (Lipinski definition) is 3. The Labute approximate surface area is 178 Å². The fourth-order valence-corrected chi connectivity index (χ4v) is 3.80. The highest BCUT2D eigenvalue weighted by Crippen LogP contribution is 2.28. The van der Waals surface area contributed by atoms with E-state index in [0.29, 0.717) is 13.1 Å². The zero-order valence-electron chi connectivity index (χ0n) is 17.8. The third-order valence-corrected chi connectivity index (χ3v) is 5.50. The predicted molar refractivity (Wildman–Crippen MR) is 123 cm³/mol. The van der Waals surface area contributed by atoms with Gasteiger partial charge in [-0.1, -0.05) is 42.5 Å². The molecule has 0 spiro atoms. The maximum absolute atomic E-state index is 4.73. The molecule has 30 heavy (non-hydrogen) atoms. The zero-order valence-corrected chi connectivity index (χ0v) is 17.8. The molecule has 1 aliphatic rings. The Morgan fingerprint density at radius 1 is 1.03 bits per heavy atom. The number of benzene rings is 2. The van der Waals surface area contributed by atoms with E-state index in [2.05, 4.69) is 76.1 Å². The Hall–Kier alpha value is -3.28. The quantitative estimate of drug-likeness (QED) is 0.471. The van der Waals surface area contributed by atoms with Gasteiger partial charge in [0, 0.05) is 38.6 Å². The van der Waals surface area contributed by atoms with Crippen molar-refractivity contribution in [2.45, 2.75) is 33.0 Å². The lowest BCUT2D eigenvalue weighted by atomic mass is 10.1. The number of nitrogens with zero attached hydrogens (tertiary/aromatic N) is 4.